The van der Waals surface area contributed by atoms with Gasteiger partial charge in [-0.3, -0.25) is 0 Å². The van der Waals surface area contributed by atoms with Crippen LogP contribution in [0.4, 0.5) is 0 Å². The van der Waals surface area contributed by atoms with Gasteiger partial charge in [-0.05, 0) is 44.2 Å². The molecule has 6 heteroatoms. The fourth-order valence-electron chi connectivity index (χ4n) is 2.13. The first-order chi connectivity index (χ1) is 9.13. The van der Waals surface area contributed by atoms with Gasteiger partial charge in [-0.25, -0.2) is 13.1 Å². The Morgan fingerprint density at radius 3 is 2.58 bits per heavy atom. The Bertz CT molecular complexity index is 531. The predicted molar refractivity (Wildman–Crippen MR) is 77.0 cm³/mol. The molecule has 106 valence electrons. The minimum Gasteiger partial charge on any atom is -0.314 e. The van der Waals surface area contributed by atoms with E-state index >= 15 is 0 Å². The predicted octanol–water partition coefficient (Wildman–Crippen LogP) is 1.87. The molecular weight excluding hydrogens is 280 g/mol. The molecule has 1 heterocycles. The number of thiophene rings is 1. The Labute approximate surface area is 118 Å². The van der Waals surface area contributed by atoms with E-state index in [4.69, 9.17) is 0 Å². The van der Waals surface area contributed by atoms with Crippen LogP contribution < -0.4 is 10.0 Å². The molecule has 1 aromatic rings. The van der Waals surface area contributed by atoms with Crippen molar-refractivity contribution >= 4 is 21.4 Å². The van der Waals surface area contributed by atoms with Gasteiger partial charge < -0.3 is 5.32 Å². The van der Waals surface area contributed by atoms with E-state index in [2.05, 4.69) is 10.0 Å². The average Bonchev–Trinajstić information content (AvgIpc) is 3.00. The van der Waals surface area contributed by atoms with Gasteiger partial charge in [-0.1, -0.05) is 6.42 Å². The van der Waals surface area contributed by atoms with Gasteiger partial charge in [-0.15, -0.1) is 11.3 Å². The maximum absolute atomic E-state index is 12.1. The Morgan fingerprint density at radius 2 is 1.95 bits per heavy atom. The van der Waals surface area contributed by atoms with E-state index in [0.717, 1.165) is 37.1 Å². The molecule has 2 fully saturated rings. The lowest BCUT2D eigenvalue weighted by atomic mass is 9.94. The van der Waals surface area contributed by atoms with Crippen molar-refractivity contribution in [3.8, 4) is 0 Å². The molecule has 3 rings (SSSR count). The molecule has 0 amide bonds. The third kappa shape index (κ3) is 3.56. The summed E-state index contributed by atoms with van der Waals surface area (Å²) in [6.07, 6.45) is 6.58. The van der Waals surface area contributed by atoms with Gasteiger partial charge in [-0.2, -0.15) is 0 Å². The molecule has 19 heavy (non-hydrogen) atoms. The van der Waals surface area contributed by atoms with Crippen LogP contribution >= 0.6 is 11.3 Å². The smallest absolute Gasteiger partial charge is 0.250 e. The summed E-state index contributed by atoms with van der Waals surface area (Å²) in [6, 6.07) is 4.54. The van der Waals surface area contributed by atoms with E-state index in [1.165, 1.54) is 24.2 Å². The summed E-state index contributed by atoms with van der Waals surface area (Å²) in [5, 5.41) is 3.45. The minimum atomic E-state index is -3.28. The monoisotopic (exact) mass is 300 g/mol. The molecule has 2 aliphatic carbocycles. The lowest BCUT2D eigenvalue weighted by Crippen LogP contribution is -2.39. The molecule has 0 spiro atoms. The van der Waals surface area contributed by atoms with E-state index in [-0.39, 0.29) is 6.04 Å². The van der Waals surface area contributed by atoms with E-state index in [9.17, 15) is 8.42 Å². The van der Waals surface area contributed by atoms with Crippen molar-refractivity contribution in [1.29, 1.82) is 0 Å². The summed E-state index contributed by atoms with van der Waals surface area (Å²) in [5.74, 6) is 0. The maximum Gasteiger partial charge on any atom is 0.250 e. The number of hydrogen-bond acceptors (Lipinski definition) is 4. The molecule has 4 nitrogen and oxygen atoms in total. The normalized spacial score (nSPS) is 20.4. The van der Waals surface area contributed by atoms with Gasteiger partial charge in [0.25, 0.3) is 0 Å². The van der Waals surface area contributed by atoms with Crippen LogP contribution in [0.25, 0.3) is 0 Å². The number of rotatable bonds is 7. The molecule has 0 atom stereocenters. The van der Waals surface area contributed by atoms with Crippen LogP contribution in [0, 0.1) is 0 Å². The zero-order chi connectivity index (χ0) is 13.3. The van der Waals surface area contributed by atoms with Gasteiger partial charge in [0, 0.05) is 23.5 Å². The fraction of sp³-hybridized carbons (Fsp3) is 0.692. The van der Waals surface area contributed by atoms with Crippen molar-refractivity contribution in [2.24, 2.45) is 0 Å². The summed E-state index contributed by atoms with van der Waals surface area (Å²) in [5.41, 5.74) is 0. The topological polar surface area (TPSA) is 58.2 Å². The second-order valence-electron chi connectivity index (χ2n) is 5.45. The van der Waals surface area contributed by atoms with Crippen molar-refractivity contribution in [3.05, 3.63) is 17.0 Å². The van der Waals surface area contributed by atoms with Crippen LogP contribution in [-0.4, -0.2) is 27.0 Å². The molecule has 2 saturated carbocycles. The zero-order valence-electron chi connectivity index (χ0n) is 10.9. The molecular formula is C13H20N2O2S2. The number of hydrogen-bond donors (Lipinski definition) is 2. The standard InChI is InChI=1S/C13H20N2O2S2/c16-19(17,15-11-2-1-3-11)13-7-6-12(18-13)8-9-14-10-4-5-10/h6-7,10-11,14-15H,1-5,8-9H2. The second-order valence-corrected chi connectivity index (χ2v) is 8.56. The van der Waals surface area contributed by atoms with Crippen molar-refractivity contribution in [3.63, 3.8) is 0 Å². The summed E-state index contributed by atoms with van der Waals surface area (Å²) in [7, 11) is -3.28. The third-order valence-corrected chi connectivity index (χ3v) is 6.87. The van der Waals surface area contributed by atoms with E-state index in [1.807, 2.05) is 6.07 Å². The van der Waals surface area contributed by atoms with Crippen LogP contribution in [0.1, 0.15) is 37.0 Å². The van der Waals surface area contributed by atoms with E-state index in [0.29, 0.717) is 10.3 Å². The Kier molecular flexibility index (Phi) is 3.93. The average molecular weight is 300 g/mol. The largest absolute Gasteiger partial charge is 0.314 e. The quantitative estimate of drug-likeness (QED) is 0.808. The lowest BCUT2D eigenvalue weighted by Gasteiger charge is -2.25. The molecule has 0 radical (unpaired) electrons. The van der Waals surface area contributed by atoms with Gasteiger partial charge >= 0.3 is 0 Å². The van der Waals surface area contributed by atoms with Crippen LogP contribution in [0.2, 0.25) is 0 Å². The lowest BCUT2D eigenvalue weighted by molar-refractivity contribution is 0.384. The van der Waals surface area contributed by atoms with Crippen molar-refractivity contribution in [2.75, 3.05) is 6.54 Å². The van der Waals surface area contributed by atoms with Gasteiger partial charge in [0.1, 0.15) is 4.21 Å². The first kappa shape index (κ1) is 13.5. The molecule has 0 unspecified atom stereocenters. The zero-order valence-corrected chi connectivity index (χ0v) is 12.5. The highest BCUT2D eigenvalue weighted by molar-refractivity contribution is 7.91. The Hall–Kier alpha value is -0.430. The first-order valence-electron chi connectivity index (χ1n) is 6.98. The van der Waals surface area contributed by atoms with Crippen molar-refractivity contribution in [1.82, 2.24) is 10.0 Å². The Morgan fingerprint density at radius 1 is 1.16 bits per heavy atom. The highest BCUT2D eigenvalue weighted by Crippen LogP contribution is 2.25. The molecule has 0 aromatic carbocycles. The first-order valence-corrected chi connectivity index (χ1v) is 9.28. The van der Waals surface area contributed by atoms with Crippen LogP contribution in [-0.2, 0) is 16.4 Å². The summed E-state index contributed by atoms with van der Waals surface area (Å²) >= 11 is 1.40. The molecule has 2 aliphatic rings. The molecule has 0 aliphatic heterocycles. The minimum absolute atomic E-state index is 0.159. The molecule has 1 aromatic heterocycles. The highest BCUT2D eigenvalue weighted by atomic mass is 32.2. The third-order valence-electron chi connectivity index (χ3n) is 3.71. The summed E-state index contributed by atoms with van der Waals surface area (Å²) in [6.45, 7) is 0.945. The van der Waals surface area contributed by atoms with Crippen LogP contribution in [0.5, 0.6) is 0 Å². The molecule has 0 saturated heterocycles. The van der Waals surface area contributed by atoms with Gasteiger partial charge in [0.15, 0.2) is 0 Å². The molecule has 2 N–H and O–H groups in total. The molecule has 0 bridgehead atoms. The van der Waals surface area contributed by atoms with Crippen molar-refractivity contribution in [2.45, 2.75) is 54.8 Å². The summed E-state index contributed by atoms with van der Waals surface area (Å²) in [4.78, 5) is 1.14. The highest BCUT2D eigenvalue weighted by Gasteiger charge is 2.25. The van der Waals surface area contributed by atoms with Crippen LogP contribution in [0.3, 0.4) is 0 Å². The summed E-state index contributed by atoms with van der Waals surface area (Å²) < 4.78 is 27.5. The SMILES string of the molecule is O=S(=O)(NC1CCC1)c1ccc(CCNC2CC2)s1. The Balaban J connectivity index is 1.55. The van der Waals surface area contributed by atoms with Crippen LogP contribution in [0.15, 0.2) is 16.3 Å². The maximum atomic E-state index is 12.1. The van der Waals surface area contributed by atoms with Crippen molar-refractivity contribution < 1.29 is 8.42 Å². The van der Waals surface area contributed by atoms with Gasteiger partial charge in [0.2, 0.25) is 10.0 Å². The number of sulfonamides is 1. The van der Waals surface area contributed by atoms with E-state index < -0.39 is 10.0 Å². The number of nitrogens with one attached hydrogen (secondary N) is 2. The second kappa shape index (κ2) is 5.52. The van der Waals surface area contributed by atoms with Gasteiger partial charge in [0.05, 0.1) is 0 Å². The fourth-order valence-corrected chi connectivity index (χ4v) is 4.80. The van der Waals surface area contributed by atoms with E-state index in [1.54, 1.807) is 6.07 Å².